The molecule has 14 heavy (non-hydrogen) atoms. The molecule has 0 aromatic carbocycles. The van der Waals surface area contributed by atoms with Crippen LogP contribution in [0.15, 0.2) is 0 Å². The summed E-state index contributed by atoms with van der Waals surface area (Å²) >= 11 is 4.23. The van der Waals surface area contributed by atoms with Crippen molar-refractivity contribution in [3.63, 3.8) is 0 Å². The Labute approximate surface area is 94.7 Å². The van der Waals surface area contributed by atoms with Gasteiger partial charge in [-0.15, -0.1) is 0 Å². The molecule has 1 rings (SSSR count). The van der Waals surface area contributed by atoms with E-state index in [1.165, 1.54) is 45.3 Å². The lowest BCUT2D eigenvalue weighted by Crippen LogP contribution is -2.38. The van der Waals surface area contributed by atoms with E-state index in [9.17, 15) is 0 Å². The number of rotatable bonds is 5. The molecule has 0 bridgehead atoms. The minimum atomic E-state index is 0.897. The fraction of sp³-hybridized carbons (Fsp3) is 1.00. The van der Waals surface area contributed by atoms with Crippen molar-refractivity contribution in [1.29, 1.82) is 0 Å². The molecular formula is C12H25NS. The molecule has 0 aromatic rings. The first-order valence-corrected chi connectivity index (χ1v) is 6.70. The van der Waals surface area contributed by atoms with Gasteiger partial charge < -0.3 is 4.90 Å². The number of likely N-dealkylation sites (tertiary alicyclic amines) is 1. The number of hydrogen-bond acceptors (Lipinski definition) is 2. The van der Waals surface area contributed by atoms with Gasteiger partial charge in [-0.05, 0) is 49.9 Å². The Morgan fingerprint density at radius 3 is 2.57 bits per heavy atom. The van der Waals surface area contributed by atoms with Crippen LogP contribution in [0.3, 0.4) is 0 Å². The zero-order valence-electron chi connectivity index (χ0n) is 9.71. The topological polar surface area (TPSA) is 3.24 Å². The average molecular weight is 215 g/mol. The third-order valence-electron chi connectivity index (χ3n) is 3.55. The van der Waals surface area contributed by atoms with E-state index in [1.54, 1.807) is 0 Å². The summed E-state index contributed by atoms with van der Waals surface area (Å²) in [5, 5.41) is 0. The van der Waals surface area contributed by atoms with E-state index in [1.807, 2.05) is 0 Å². The van der Waals surface area contributed by atoms with Crippen molar-refractivity contribution in [3.05, 3.63) is 0 Å². The second-order valence-corrected chi connectivity index (χ2v) is 5.28. The highest BCUT2D eigenvalue weighted by Crippen LogP contribution is 2.22. The summed E-state index contributed by atoms with van der Waals surface area (Å²) in [5.41, 5.74) is 0. The van der Waals surface area contributed by atoms with E-state index in [0.717, 1.165) is 17.6 Å². The molecule has 1 fully saturated rings. The summed E-state index contributed by atoms with van der Waals surface area (Å²) < 4.78 is 0. The number of unbranched alkanes of at least 4 members (excludes halogenated alkanes) is 2. The fourth-order valence-electron chi connectivity index (χ4n) is 2.18. The van der Waals surface area contributed by atoms with Crippen molar-refractivity contribution in [3.8, 4) is 0 Å². The lowest BCUT2D eigenvalue weighted by molar-refractivity contribution is 0.136. The summed E-state index contributed by atoms with van der Waals surface area (Å²) in [6, 6.07) is 0. The van der Waals surface area contributed by atoms with Crippen molar-refractivity contribution in [2.24, 2.45) is 11.8 Å². The first-order chi connectivity index (χ1) is 6.74. The van der Waals surface area contributed by atoms with Crippen molar-refractivity contribution < 1.29 is 0 Å². The van der Waals surface area contributed by atoms with Crippen LogP contribution in [0.4, 0.5) is 0 Å². The highest BCUT2D eigenvalue weighted by molar-refractivity contribution is 7.80. The van der Waals surface area contributed by atoms with Gasteiger partial charge in [0.2, 0.25) is 0 Å². The molecule has 0 amide bonds. The predicted octanol–water partition coefficient (Wildman–Crippen LogP) is 3.06. The molecule has 0 saturated carbocycles. The Bertz CT molecular complexity index is 149. The minimum Gasteiger partial charge on any atom is -0.303 e. The van der Waals surface area contributed by atoms with Crippen LogP contribution in [0.1, 0.15) is 39.5 Å². The smallest absolute Gasteiger partial charge is 0.000957 e. The van der Waals surface area contributed by atoms with E-state index >= 15 is 0 Å². The molecule has 2 heteroatoms. The number of piperidine rings is 1. The van der Waals surface area contributed by atoms with Gasteiger partial charge in [-0.25, -0.2) is 0 Å². The molecule has 0 aliphatic carbocycles. The Morgan fingerprint density at radius 2 is 1.93 bits per heavy atom. The van der Waals surface area contributed by atoms with Gasteiger partial charge in [0.05, 0.1) is 0 Å². The molecule has 1 heterocycles. The molecule has 2 unspecified atom stereocenters. The van der Waals surface area contributed by atoms with Crippen LogP contribution < -0.4 is 0 Å². The van der Waals surface area contributed by atoms with Gasteiger partial charge in [0.1, 0.15) is 0 Å². The average Bonchev–Trinajstić information content (AvgIpc) is 2.18. The molecular weight excluding hydrogens is 190 g/mol. The maximum atomic E-state index is 4.23. The molecule has 84 valence electrons. The summed E-state index contributed by atoms with van der Waals surface area (Å²) in [5.74, 6) is 2.88. The second kappa shape index (κ2) is 6.73. The Morgan fingerprint density at radius 1 is 1.14 bits per heavy atom. The van der Waals surface area contributed by atoms with Crippen LogP contribution in [-0.2, 0) is 0 Å². The standard InChI is InChI=1S/C12H25NS/c1-11-6-8-13(10-12(11)2)7-4-3-5-9-14/h11-12,14H,3-10H2,1-2H3. The molecule has 1 aliphatic heterocycles. The van der Waals surface area contributed by atoms with E-state index in [0.29, 0.717) is 0 Å². The molecule has 0 spiro atoms. The van der Waals surface area contributed by atoms with Gasteiger partial charge in [-0.1, -0.05) is 20.3 Å². The normalized spacial score (nSPS) is 29.4. The Kier molecular flexibility index (Phi) is 5.95. The molecule has 1 saturated heterocycles. The highest BCUT2D eigenvalue weighted by Gasteiger charge is 2.21. The SMILES string of the molecule is CC1CCN(CCCCCS)CC1C. The number of hydrogen-bond donors (Lipinski definition) is 1. The zero-order chi connectivity index (χ0) is 10.4. The van der Waals surface area contributed by atoms with Gasteiger partial charge in [0.15, 0.2) is 0 Å². The van der Waals surface area contributed by atoms with Crippen molar-refractivity contribution in [2.45, 2.75) is 39.5 Å². The van der Waals surface area contributed by atoms with Gasteiger partial charge in [0, 0.05) is 6.54 Å². The van der Waals surface area contributed by atoms with E-state index in [2.05, 4.69) is 31.4 Å². The first-order valence-electron chi connectivity index (χ1n) is 6.07. The first kappa shape index (κ1) is 12.4. The van der Waals surface area contributed by atoms with Gasteiger partial charge in [-0.3, -0.25) is 0 Å². The van der Waals surface area contributed by atoms with Crippen molar-refractivity contribution in [1.82, 2.24) is 4.90 Å². The quantitative estimate of drug-likeness (QED) is 0.545. The third kappa shape index (κ3) is 4.22. The van der Waals surface area contributed by atoms with Gasteiger partial charge in [-0.2, -0.15) is 12.6 Å². The second-order valence-electron chi connectivity index (χ2n) is 4.83. The van der Waals surface area contributed by atoms with Crippen LogP contribution >= 0.6 is 12.6 Å². The molecule has 1 aliphatic rings. The molecule has 0 aromatic heterocycles. The zero-order valence-corrected chi connectivity index (χ0v) is 10.6. The molecule has 1 nitrogen and oxygen atoms in total. The molecule has 0 N–H and O–H groups in total. The maximum Gasteiger partial charge on any atom is 0.000957 e. The van der Waals surface area contributed by atoms with Crippen LogP contribution in [0.5, 0.6) is 0 Å². The van der Waals surface area contributed by atoms with E-state index in [-0.39, 0.29) is 0 Å². The number of thiol groups is 1. The Balaban J connectivity index is 2.07. The maximum absolute atomic E-state index is 4.23. The third-order valence-corrected chi connectivity index (χ3v) is 3.87. The van der Waals surface area contributed by atoms with Crippen molar-refractivity contribution in [2.75, 3.05) is 25.4 Å². The van der Waals surface area contributed by atoms with E-state index in [4.69, 9.17) is 0 Å². The van der Waals surface area contributed by atoms with Crippen LogP contribution in [0.25, 0.3) is 0 Å². The molecule has 2 atom stereocenters. The van der Waals surface area contributed by atoms with Crippen LogP contribution in [-0.4, -0.2) is 30.3 Å². The minimum absolute atomic E-state index is 0.897. The van der Waals surface area contributed by atoms with Crippen LogP contribution in [0, 0.1) is 11.8 Å². The summed E-state index contributed by atoms with van der Waals surface area (Å²) in [4.78, 5) is 2.64. The van der Waals surface area contributed by atoms with Crippen LogP contribution in [0.2, 0.25) is 0 Å². The van der Waals surface area contributed by atoms with Gasteiger partial charge >= 0.3 is 0 Å². The lowest BCUT2D eigenvalue weighted by atomic mass is 9.88. The monoisotopic (exact) mass is 215 g/mol. The van der Waals surface area contributed by atoms with E-state index < -0.39 is 0 Å². The van der Waals surface area contributed by atoms with Gasteiger partial charge in [0.25, 0.3) is 0 Å². The Hall–Kier alpha value is 0.310. The number of nitrogens with zero attached hydrogens (tertiary/aromatic N) is 1. The predicted molar refractivity (Wildman–Crippen MR) is 67.1 cm³/mol. The summed E-state index contributed by atoms with van der Waals surface area (Å²) in [7, 11) is 0. The van der Waals surface area contributed by atoms with Crippen molar-refractivity contribution >= 4 is 12.6 Å². The fourth-order valence-corrected chi connectivity index (χ4v) is 2.40. The summed E-state index contributed by atoms with van der Waals surface area (Å²) in [6.45, 7) is 8.74. The largest absolute Gasteiger partial charge is 0.303 e. The highest BCUT2D eigenvalue weighted by atomic mass is 32.1. The lowest BCUT2D eigenvalue weighted by Gasteiger charge is -2.35. The summed E-state index contributed by atoms with van der Waals surface area (Å²) in [6.07, 6.45) is 5.39. The molecule has 0 radical (unpaired) electrons.